The first-order valence-corrected chi connectivity index (χ1v) is 5.25. The van der Waals surface area contributed by atoms with Crippen molar-refractivity contribution in [2.24, 2.45) is 11.1 Å². The second-order valence-electron chi connectivity index (χ2n) is 3.81. The fourth-order valence-electron chi connectivity index (χ4n) is 1.24. The molecule has 0 unspecified atom stereocenters. The van der Waals surface area contributed by atoms with Crippen LogP contribution >= 0.6 is 0 Å². The summed E-state index contributed by atoms with van der Waals surface area (Å²) in [6, 6.07) is 8.11. The first-order valence-electron chi connectivity index (χ1n) is 5.25. The van der Waals surface area contributed by atoms with Gasteiger partial charge in [-0.2, -0.15) is 0 Å². The van der Waals surface area contributed by atoms with Crippen LogP contribution in [0, 0.1) is 5.92 Å². The predicted molar refractivity (Wildman–Crippen MR) is 62.5 cm³/mol. The molecule has 78 valence electrons. The SMILES string of the molecule is C=Cc1ccc(CON=CC2CC2)cc1. The van der Waals surface area contributed by atoms with Crippen LogP contribution in [0.5, 0.6) is 0 Å². The number of hydrogen-bond donors (Lipinski definition) is 0. The van der Waals surface area contributed by atoms with Gasteiger partial charge in [0, 0.05) is 6.21 Å². The van der Waals surface area contributed by atoms with Crippen molar-refractivity contribution in [3.05, 3.63) is 42.0 Å². The fourth-order valence-corrected chi connectivity index (χ4v) is 1.24. The lowest BCUT2D eigenvalue weighted by Crippen LogP contribution is -1.88. The summed E-state index contributed by atoms with van der Waals surface area (Å²) in [5.74, 6) is 0.674. The molecule has 1 aliphatic carbocycles. The molecule has 0 aromatic heterocycles. The van der Waals surface area contributed by atoms with Crippen LogP contribution in [0.3, 0.4) is 0 Å². The van der Waals surface area contributed by atoms with Crippen LogP contribution in [0.15, 0.2) is 36.0 Å². The van der Waals surface area contributed by atoms with E-state index < -0.39 is 0 Å². The molecule has 2 nitrogen and oxygen atoms in total. The number of hydrogen-bond acceptors (Lipinski definition) is 2. The third kappa shape index (κ3) is 3.24. The summed E-state index contributed by atoms with van der Waals surface area (Å²) in [5, 5.41) is 3.93. The van der Waals surface area contributed by atoms with E-state index in [1.54, 1.807) is 0 Å². The first-order chi connectivity index (χ1) is 7.38. The van der Waals surface area contributed by atoms with Crippen molar-refractivity contribution >= 4 is 12.3 Å². The van der Waals surface area contributed by atoms with E-state index in [2.05, 4.69) is 11.7 Å². The highest BCUT2D eigenvalue weighted by atomic mass is 16.6. The molecule has 0 heterocycles. The van der Waals surface area contributed by atoms with Gasteiger partial charge >= 0.3 is 0 Å². The average Bonchev–Trinajstić information content (AvgIpc) is 3.09. The molecule has 0 atom stereocenters. The average molecular weight is 201 g/mol. The van der Waals surface area contributed by atoms with E-state index in [4.69, 9.17) is 4.84 Å². The predicted octanol–water partition coefficient (Wildman–Crippen LogP) is 3.24. The highest BCUT2D eigenvalue weighted by Gasteiger charge is 2.18. The zero-order valence-corrected chi connectivity index (χ0v) is 8.73. The summed E-state index contributed by atoms with van der Waals surface area (Å²) in [4.78, 5) is 5.19. The van der Waals surface area contributed by atoms with Gasteiger partial charge in [-0.05, 0) is 29.9 Å². The Morgan fingerprint density at radius 3 is 2.67 bits per heavy atom. The van der Waals surface area contributed by atoms with Gasteiger partial charge in [0.2, 0.25) is 0 Å². The maximum Gasteiger partial charge on any atom is 0.142 e. The zero-order valence-electron chi connectivity index (χ0n) is 8.73. The van der Waals surface area contributed by atoms with Crippen LogP contribution in [0.2, 0.25) is 0 Å². The highest BCUT2D eigenvalue weighted by Crippen LogP contribution is 2.26. The number of oxime groups is 1. The van der Waals surface area contributed by atoms with Gasteiger partial charge in [0.15, 0.2) is 0 Å². The van der Waals surface area contributed by atoms with Crippen molar-refractivity contribution in [1.29, 1.82) is 0 Å². The number of rotatable bonds is 5. The molecule has 1 aliphatic rings. The molecule has 0 N–H and O–H groups in total. The van der Waals surface area contributed by atoms with Crippen molar-refractivity contribution in [2.75, 3.05) is 0 Å². The van der Waals surface area contributed by atoms with Crippen LogP contribution in [0.25, 0.3) is 6.08 Å². The highest BCUT2D eigenvalue weighted by molar-refractivity contribution is 5.62. The van der Waals surface area contributed by atoms with Crippen molar-refractivity contribution in [3.63, 3.8) is 0 Å². The van der Waals surface area contributed by atoms with Gasteiger partial charge in [-0.1, -0.05) is 42.1 Å². The van der Waals surface area contributed by atoms with E-state index in [1.807, 2.05) is 36.6 Å². The summed E-state index contributed by atoms with van der Waals surface area (Å²) < 4.78 is 0. The molecule has 1 fully saturated rings. The standard InChI is InChI=1S/C13H15NO/c1-2-11-3-7-13(8-4-11)10-15-14-9-12-5-6-12/h2-4,7-9,12H,1,5-6,10H2. The van der Waals surface area contributed by atoms with Crippen LogP contribution in [0.1, 0.15) is 24.0 Å². The Morgan fingerprint density at radius 2 is 2.07 bits per heavy atom. The van der Waals surface area contributed by atoms with Crippen molar-refractivity contribution in [2.45, 2.75) is 19.4 Å². The minimum Gasteiger partial charge on any atom is -0.391 e. The molecule has 0 bridgehead atoms. The number of benzene rings is 1. The minimum absolute atomic E-state index is 0.542. The van der Waals surface area contributed by atoms with E-state index in [-0.39, 0.29) is 0 Å². The summed E-state index contributed by atoms with van der Waals surface area (Å²) in [6.45, 7) is 4.25. The van der Waals surface area contributed by atoms with Gasteiger partial charge in [-0.3, -0.25) is 0 Å². The van der Waals surface area contributed by atoms with Gasteiger partial charge in [-0.15, -0.1) is 0 Å². The van der Waals surface area contributed by atoms with Gasteiger partial charge < -0.3 is 4.84 Å². The van der Waals surface area contributed by atoms with Crippen molar-refractivity contribution < 1.29 is 4.84 Å². The first kappa shape index (κ1) is 9.97. The monoisotopic (exact) mass is 201 g/mol. The zero-order chi connectivity index (χ0) is 10.5. The maximum atomic E-state index is 5.19. The van der Waals surface area contributed by atoms with Crippen LogP contribution in [0.4, 0.5) is 0 Å². The molecule has 2 rings (SSSR count). The van der Waals surface area contributed by atoms with Crippen LogP contribution in [-0.2, 0) is 11.4 Å². The van der Waals surface area contributed by atoms with Crippen LogP contribution < -0.4 is 0 Å². The molecule has 1 aromatic rings. The number of nitrogens with zero attached hydrogens (tertiary/aromatic N) is 1. The molecular formula is C13H15NO. The topological polar surface area (TPSA) is 21.6 Å². The largest absolute Gasteiger partial charge is 0.391 e. The maximum absolute atomic E-state index is 5.19. The molecule has 0 aliphatic heterocycles. The smallest absolute Gasteiger partial charge is 0.142 e. The summed E-state index contributed by atoms with van der Waals surface area (Å²) >= 11 is 0. The normalized spacial score (nSPS) is 15.5. The summed E-state index contributed by atoms with van der Waals surface area (Å²) in [7, 11) is 0. The van der Waals surface area contributed by atoms with E-state index in [1.165, 1.54) is 12.8 Å². The molecule has 0 amide bonds. The molecule has 15 heavy (non-hydrogen) atoms. The lowest BCUT2D eigenvalue weighted by atomic mass is 10.1. The second kappa shape index (κ2) is 4.78. The van der Waals surface area contributed by atoms with Gasteiger partial charge in [0.25, 0.3) is 0 Å². The molecule has 0 saturated heterocycles. The molecule has 1 saturated carbocycles. The molecular weight excluding hydrogens is 186 g/mol. The van der Waals surface area contributed by atoms with Gasteiger partial charge in [0.1, 0.15) is 6.61 Å². The van der Waals surface area contributed by atoms with E-state index in [9.17, 15) is 0 Å². The molecule has 0 spiro atoms. The van der Waals surface area contributed by atoms with Gasteiger partial charge in [-0.25, -0.2) is 0 Å². The van der Waals surface area contributed by atoms with E-state index >= 15 is 0 Å². The Balaban J connectivity index is 1.79. The Bertz CT molecular complexity index is 349. The summed E-state index contributed by atoms with van der Waals surface area (Å²) in [6.07, 6.45) is 6.26. The second-order valence-corrected chi connectivity index (χ2v) is 3.81. The Morgan fingerprint density at radius 1 is 1.33 bits per heavy atom. The third-order valence-electron chi connectivity index (χ3n) is 2.41. The minimum atomic E-state index is 0.542. The molecule has 0 radical (unpaired) electrons. The quantitative estimate of drug-likeness (QED) is 0.529. The lowest BCUT2D eigenvalue weighted by Gasteiger charge is -2.00. The lowest BCUT2D eigenvalue weighted by molar-refractivity contribution is 0.131. The summed E-state index contributed by atoms with van der Waals surface area (Å²) in [5.41, 5.74) is 2.26. The van der Waals surface area contributed by atoms with E-state index in [0.29, 0.717) is 12.5 Å². The van der Waals surface area contributed by atoms with Crippen LogP contribution in [-0.4, -0.2) is 6.21 Å². The van der Waals surface area contributed by atoms with Crippen molar-refractivity contribution in [3.8, 4) is 0 Å². The van der Waals surface area contributed by atoms with E-state index in [0.717, 1.165) is 11.1 Å². The molecule has 1 aromatic carbocycles. The fraction of sp³-hybridized carbons (Fsp3) is 0.308. The van der Waals surface area contributed by atoms with Gasteiger partial charge in [0.05, 0.1) is 0 Å². The molecule has 2 heteroatoms. The Labute approximate surface area is 90.3 Å². The third-order valence-corrected chi connectivity index (χ3v) is 2.41. The van der Waals surface area contributed by atoms with Crippen molar-refractivity contribution in [1.82, 2.24) is 0 Å². The Hall–Kier alpha value is -1.57. The Kier molecular flexibility index (Phi) is 3.18.